The van der Waals surface area contributed by atoms with E-state index in [0.29, 0.717) is 6.42 Å². The van der Waals surface area contributed by atoms with Gasteiger partial charge in [-0.1, -0.05) is 0 Å². The van der Waals surface area contributed by atoms with Crippen molar-refractivity contribution in [1.82, 2.24) is 0 Å². The summed E-state index contributed by atoms with van der Waals surface area (Å²) in [5.74, 6) is -0.900. The first-order valence-corrected chi connectivity index (χ1v) is 5.25. The maximum atomic E-state index is 11.6. The molecule has 0 unspecified atom stereocenters. The molecular formula is C10H14O5. The second kappa shape index (κ2) is 2.72. The van der Waals surface area contributed by atoms with Gasteiger partial charge in [0.2, 0.25) is 6.29 Å². The summed E-state index contributed by atoms with van der Waals surface area (Å²) in [6.07, 6.45) is -0.808. The smallest absolute Gasteiger partial charge is 0.314 e. The van der Waals surface area contributed by atoms with E-state index in [9.17, 15) is 15.0 Å². The third-order valence-corrected chi connectivity index (χ3v) is 4.17. The lowest BCUT2D eigenvalue weighted by Gasteiger charge is -2.50. The van der Waals surface area contributed by atoms with Crippen molar-refractivity contribution in [2.24, 2.45) is 17.8 Å². The van der Waals surface area contributed by atoms with Gasteiger partial charge < -0.3 is 19.7 Å². The molecule has 2 N–H and O–H groups in total. The third kappa shape index (κ3) is 0.959. The van der Waals surface area contributed by atoms with Gasteiger partial charge in [0.05, 0.1) is 18.6 Å². The minimum Gasteiger partial charge on any atom is -0.435 e. The van der Waals surface area contributed by atoms with Crippen molar-refractivity contribution >= 4 is 5.97 Å². The van der Waals surface area contributed by atoms with Crippen LogP contribution in [0.5, 0.6) is 0 Å². The zero-order valence-electron chi connectivity index (χ0n) is 8.42. The van der Waals surface area contributed by atoms with Crippen LogP contribution in [0, 0.1) is 17.8 Å². The van der Waals surface area contributed by atoms with Crippen molar-refractivity contribution in [3.05, 3.63) is 0 Å². The maximum Gasteiger partial charge on any atom is 0.314 e. The van der Waals surface area contributed by atoms with Gasteiger partial charge >= 0.3 is 5.97 Å². The van der Waals surface area contributed by atoms with E-state index in [0.717, 1.165) is 0 Å². The van der Waals surface area contributed by atoms with Crippen LogP contribution in [0.4, 0.5) is 0 Å². The number of aliphatic hydroxyl groups is 2. The van der Waals surface area contributed by atoms with E-state index < -0.39 is 23.9 Å². The molecule has 5 nitrogen and oxygen atoms in total. The molecule has 0 radical (unpaired) electrons. The van der Waals surface area contributed by atoms with Crippen LogP contribution in [-0.2, 0) is 14.3 Å². The number of fused-ring (bicyclic) bond motifs is 1. The highest BCUT2D eigenvalue weighted by atomic mass is 16.7. The molecule has 4 aliphatic rings. The summed E-state index contributed by atoms with van der Waals surface area (Å²) in [4.78, 5) is 11.6. The van der Waals surface area contributed by atoms with Crippen molar-refractivity contribution < 1.29 is 24.5 Å². The predicted octanol–water partition coefficient (Wildman–Crippen LogP) is -0.736. The zero-order valence-corrected chi connectivity index (χ0v) is 8.42. The van der Waals surface area contributed by atoms with Crippen LogP contribution in [0.15, 0.2) is 0 Å². The van der Waals surface area contributed by atoms with Gasteiger partial charge in [-0.25, -0.2) is 0 Å². The lowest BCUT2D eigenvalue weighted by Crippen LogP contribution is -2.62. The molecule has 3 aliphatic heterocycles. The van der Waals surface area contributed by atoms with Crippen LogP contribution in [0.2, 0.25) is 0 Å². The van der Waals surface area contributed by atoms with Crippen LogP contribution in [0.25, 0.3) is 0 Å². The van der Waals surface area contributed by atoms with E-state index in [2.05, 4.69) is 0 Å². The largest absolute Gasteiger partial charge is 0.435 e. The number of rotatable bonds is 1. The quantitative estimate of drug-likeness (QED) is 0.562. The molecule has 4 bridgehead atoms. The zero-order chi connectivity index (χ0) is 10.8. The Hall–Kier alpha value is -0.650. The molecule has 0 spiro atoms. The highest BCUT2D eigenvalue weighted by Crippen LogP contribution is 2.56. The van der Waals surface area contributed by atoms with E-state index in [-0.39, 0.29) is 24.4 Å². The van der Waals surface area contributed by atoms with E-state index in [1.54, 1.807) is 6.92 Å². The van der Waals surface area contributed by atoms with E-state index in [4.69, 9.17) is 9.47 Å². The molecule has 3 heterocycles. The standard InChI is InChI=1S/C10H14O5/c1-10-6(12)2-4-5(3-11)9(15-10)14-8(13)7(4)10/h4-7,9,11-12H,2-3H2,1H3/t4-,5-,6+,7-,9+,10+/m1/s1. The molecule has 0 aromatic heterocycles. The van der Waals surface area contributed by atoms with Gasteiger partial charge in [0.1, 0.15) is 5.60 Å². The summed E-state index contributed by atoms with van der Waals surface area (Å²) in [6.45, 7) is 1.69. The Kier molecular flexibility index (Phi) is 1.74. The molecule has 4 rings (SSSR count). The van der Waals surface area contributed by atoms with Crippen molar-refractivity contribution in [2.45, 2.75) is 31.3 Å². The first-order valence-electron chi connectivity index (χ1n) is 5.25. The number of hydrogen-bond donors (Lipinski definition) is 2. The van der Waals surface area contributed by atoms with Crippen molar-refractivity contribution in [3.8, 4) is 0 Å². The molecular weight excluding hydrogens is 200 g/mol. The molecule has 0 aromatic carbocycles. The Balaban J connectivity index is 2.04. The van der Waals surface area contributed by atoms with Gasteiger partial charge in [0.25, 0.3) is 0 Å². The highest BCUT2D eigenvalue weighted by Gasteiger charge is 2.68. The maximum absolute atomic E-state index is 11.6. The SMILES string of the molecule is C[C@@]12O[C@@H]3OC(=O)[C@H]1[C@H](C[C@@H]2O)[C@H]3CO. The molecule has 4 fully saturated rings. The average Bonchev–Trinajstić information content (AvgIpc) is 2.36. The molecule has 0 aromatic rings. The molecule has 15 heavy (non-hydrogen) atoms. The number of carbonyl (C=O) groups excluding carboxylic acids is 1. The summed E-state index contributed by atoms with van der Waals surface area (Å²) in [5, 5.41) is 19.1. The Labute approximate surface area is 87.0 Å². The first kappa shape index (κ1) is 9.57. The monoisotopic (exact) mass is 214 g/mol. The van der Waals surface area contributed by atoms with Crippen LogP contribution in [0.1, 0.15) is 13.3 Å². The fourth-order valence-corrected chi connectivity index (χ4v) is 3.30. The summed E-state index contributed by atoms with van der Waals surface area (Å²) in [5.41, 5.74) is -0.809. The summed E-state index contributed by atoms with van der Waals surface area (Å²) in [7, 11) is 0. The predicted molar refractivity (Wildman–Crippen MR) is 47.5 cm³/mol. The summed E-state index contributed by atoms with van der Waals surface area (Å²) < 4.78 is 10.6. The van der Waals surface area contributed by atoms with Gasteiger partial charge in [-0.05, 0) is 19.3 Å². The van der Waals surface area contributed by atoms with Gasteiger partial charge in [-0.15, -0.1) is 0 Å². The molecule has 84 valence electrons. The van der Waals surface area contributed by atoms with E-state index in [1.807, 2.05) is 0 Å². The molecule has 0 amide bonds. The fraction of sp³-hybridized carbons (Fsp3) is 0.900. The second-order valence-electron chi connectivity index (χ2n) is 4.85. The molecule has 3 saturated heterocycles. The van der Waals surface area contributed by atoms with Gasteiger partial charge in [0.15, 0.2) is 0 Å². The normalized spacial score (nSPS) is 57.0. The Bertz CT molecular complexity index is 317. The lowest BCUT2D eigenvalue weighted by atomic mass is 9.75. The Morgan fingerprint density at radius 1 is 1.60 bits per heavy atom. The van der Waals surface area contributed by atoms with Crippen molar-refractivity contribution in [2.75, 3.05) is 6.61 Å². The van der Waals surface area contributed by atoms with Gasteiger partial charge in [0, 0.05) is 5.92 Å². The van der Waals surface area contributed by atoms with Crippen molar-refractivity contribution in [3.63, 3.8) is 0 Å². The number of aliphatic hydroxyl groups excluding tert-OH is 2. The Morgan fingerprint density at radius 3 is 3.00 bits per heavy atom. The number of hydrogen-bond acceptors (Lipinski definition) is 5. The van der Waals surface area contributed by atoms with E-state index in [1.165, 1.54) is 0 Å². The first-order chi connectivity index (χ1) is 7.08. The number of esters is 1. The van der Waals surface area contributed by atoms with Crippen LogP contribution in [0.3, 0.4) is 0 Å². The molecule has 6 atom stereocenters. The second-order valence-corrected chi connectivity index (χ2v) is 4.85. The van der Waals surface area contributed by atoms with E-state index >= 15 is 0 Å². The molecule has 5 heteroatoms. The minimum absolute atomic E-state index is 0.00463. The summed E-state index contributed by atoms with van der Waals surface area (Å²) in [6, 6.07) is 0. The number of ether oxygens (including phenoxy) is 2. The van der Waals surface area contributed by atoms with Crippen LogP contribution >= 0.6 is 0 Å². The van der Waals surface area contributed by atoms with Gasteiger partial charge in [-0.3, -0.25) is 4.79 Å². The minimum atomic E-state index is -0.809. The summed E-state index contributed by atoms with van der Waals surface area (Å²) >= 11 is 0. The van der Waals surface area contributed by atoms with Crippen LogP contribution in [-0.4, -0.2) is 40.8 Å². The highest BCUT2D eigenvalue weighted by molar-refractivity contribution is 5.77. The van der Waals surface area contributed by atoms with Gasteiger partial charge in [-0.2, -0.15) is 0 Å². The van der Waals surface area contributed by atoms with Crippen molar-refractivity contribution in [1.29, 1.82) is 0 Å². The Morgan fingerprint density at radius 2 is 2.33 bits per heavy atom. The topological polar surface area (TPSA) is 76.0 Å². The fourth-order valence-electron chi connectivity index (χ4n) is 3.30. The average molecular weight is 214 g/mol. The number of carbonyl (C=O) groups is 1. The lowest BCUT2D eigenvalue weighted by molar-refractivity contribution is -0.315. The molecule has 1 saturated carbocycles. The van der Waals surface area contributed by atoms with Crippen LogP contribution < -0.4 is 0 Å². The third-order valence-electron chi connectivity index (χ3n) is 4.17. The molecule has 1 aliphatic carbocycles.